The van der Waals surface area contributed by atoms with Gasteiger partial charge in [-0.25, -0.2) is 0 Å². The van der Waals surface area contributed by atoms with Gasteiger partial charge in [0, 0.05) is 48.4 Å². The molecule has 0 unspecified atom stereocenters. The van der Waals surface area contributed by atoms with E-state index in [1.54, 1.807) is 12.0 Å². The normalized spacial score (nSPS) is 16.5. The molecule has 28 heavy (non-hydrogen) atoms. The fourth-order valence-electron chi connectivity index (χ4n) is 3.71. The summed E-state index contributed by atoms with van der Waals surface area (Å²) in [7, 11) is 1.59. The molecule has 4 rings (SSSR count). The quantitative estimate of drug-likeness (QED) is 0.694. The lowest BCUT2D eigenvalue weighted by molar-refractivity contribution is -0.126. The van der Waals surface area contributed by atoms with Crippen molar-refractivity contribution in [3.05, 3.63) is 60.3 Å². The van der Waals surface area contributed by atoms with Crippen LogP contribution in [-0.4, -0.2) is 37.0 Å². The minimum atomic E-state index is -0.332. The number of nitrogens with zero attached hydrogens (tertiary/aromatic N) is 1. The molecule has 2 heterocycles. The number of amides is 2. The maximum Gasteiger partial charge on any atom is 0.227 e. The highest BCUT2D eigenvalue weighted by molar-refractivity contribution is 6.00. The van der Waals surface area contributed by atoms with Crippen LogP contribution in [0.1, 0.15) is 12.0 Å². The van der Waals surface area contributed by atoms with E-state index in [-0.39, 0.29) is 24.2 Å². The van der Waals surface area contributed by atoms with Crippen molar-refractivity contribution in [3.63, 3.8) is 0 Å². The third-order valence-corrected chi connectivity index (χ3v) is 5.23. The molecular weight excluding hydrogens is 354 g/mol. The molecule has 1 fully saturated rings. The number of nitrogens with one attached hydrogen (secondary N) is 2. The maximum atomic E-state index is 12.6. The molecule has 0 aliphatic carbocycles. The van der Waals surface area contributed by atoms with Gasteiger partial charge in [0.05, 0.1) is 13.0 Å². The Labute approximate surface area is 163 Å². The summed E-state index contributed by atoms with van der Waals surface area (Å²) >= 11 is 0. The number of benzene rings is 2. The Kier molecular flexibility index (Phi) is 5.02. The first-order chi connectivity index (χ1) is 13.7. The second-order valence-electron chi connectivity index (χ2n) is 7.01. The number of H-pyrrole nitrogens is 1. The van der Waals surface area contributed by atoms with Gasteiger partial charge in [-0.3, -0.25) is 9.59 Å². The van der Waals surface area contributed by atoms with E-state index in [2.05, 4.69) is 16.4 Å². The minimum absolute atomic E-state index is 0.0370. The Hall–Kier alpha value is -3.28. The molecule has 0 bridgehead atoms. The first-order valence-electron chi connectivity index (χ1n) is 9.43. The predicted molar refractivity (Wildman–Crippen MR) is 108 cm³/mol. The zero-order valence-corrected chi connectivity index (χ0v) is 15.8. The first-order valence-corrected chi connectivity index (χ1v) is 9.43. The lowest BCUT2D eigenvalue weighted by Gasteiger charge is -2.17. The largest absolute Gasteiger partial charge is 0.497 e. The lowest BCUT2D eigenvalue weighted by Crippen LogP contribution is -2.34. The zero-order chi connectivity index (χ0) is 19.5. The van der Waals surface area contributed by atoms with Crippen molar-refractivity contribution >= 4 is 28.4 Å². The summed E-state index contributed by atoms with van der Waals surface area (Å²) in [6, 6.07) is 15.5. The number of para-hydroxylation sites is 1. The van der Waals surface area contributed by atoms with Crippen molar-refractivity contribution in [3.8, 4) is 5.75 Å². The predicted octanol–water partition coefficient (Wildman–Crippen LogP) is 2.89. The SMILES string of the molecule is COc1cccc(N2C[C@@H](C(=O)NCCc3c[nH]c4ccccc34)CC2=O)c1. The zero-order valence-electron chi connectivity index (χ0n) is 15.8. The van der Waals surface area contributed by atoms with Crippen LogP contribution in [0.4, 0.5) is 5.69 Å². The molecule has 0 radical (unpaired) electrons. The molecule has 3 aromatic rings. The highest BCUT2D eigenvalue weighted by atomic mass is 16.5. The molecule has 0 saturated carbocycles. The Bertz CT molecular complexity index is 1010. The smallest absolute Gasteiger partial charge is 0.227 e. The average Bonchev–Trinajstić information content (AvgIpc) is 3.32. The van der Waals surface area contributed by atoms with Crippen molar-refractivity contribution < 1.29 is 14.3 Å². The molecule has 2 N–H and O–H groups in total. The van der Waals surface area contributed by atoms with Gasteiger partial charge in [-0.2, -0.15) is 0 Å². The second kappa shape index (κ2) is 7.76. The molecule has 1 aliphatic heterocycles. The van der Waals surface area contributed by atoms with Crippen LogP contribution < -0.4 is 15.0 Å². The van der Waals surface area contributed by atoms with E-state index in [0.717, 1.165) is 17.6 Å². The summed E-state index contributed by atoms with van der Waals surface area (Å²) in [5.41, 5.74) is 3.04. The van der Waals surface area contributed by atoms with E-state index in [1.165, 1.54) is 10.9 Å². The summed E-state index contributed by atoms with van der Waals surface area (Å²) in [5.74, 6) is 0.252. The van der Waals surface area contributed by atoms with Crippen molar-refractivity contribution in [1.82, 2.24) is 10.3 Å². The van der Waals surface area contributed by atoms with Gasteiger partial charge in [0.1, 0.15) is 5.75 Å². The maximum absolute atomic E-state index is 12.6. The molecule has 1 atom stereocenters. The fourth-order valence-corrected chi connectivity index (χ4v) is 3.71. The molecule has 144 valence electrons. The van der Waals surface area contributed by atoms with Crippen LogP contribution in [0.15, 0.2) is 54.7 Å². The van der Waals surface area contributed by atoms with Crippen molar-refractivity contribution in [2.75, 3.05) is 25.1 Å². The van der Waals surface area contributed by atoms with Crippen LogP contribution in [-0.2, 0) is 16.0 Å². The van der Waals surface area contributed by atoms with Crippen molar-refractivity contribution in [1.29, 1.82) is 0 Å². The number of aromatic amines is 1. The number of anilines is 1. The van der Waals surface area contributed by atoms with E-state index < -0.39 is 0 Å². The Morgan fingerprint density at radius 1 is 1.25 bits per heavy atom. The molecule has 2 amide bonds. The molecule has 6 heteroatoms. The number of rotatable bonds is 6. The number of carbonyl (C=O) groups is 2. The van der Waals surface area contributed by atoms with E-state index in [0.29, 0.717) is 18.8 Å². The van der Waals surface area contributed by atoms with Gasteiger partial charge in [0.15, 0.2) is 0 Å². The molecule has 6 nitrogen and oxygen atoms in total. The van der Waals surface area contributed by atoms with E-state index in [4.69, 9.17) is 4.74 Å². The number of methoxy groups -OCH3 is 1. The summed E-state index contributed by atoms with van der Waals surface area (Å²) in [5, 5.41) is 4.16. The summed E-state index contributed by atoms with van der Waals surface area (Å²) in [6.07, 6.45) is 2.96. The number of hydrogen-bond acceptors (Lipinski definition) is 3. The molecule has 2 aromatic carbocycles. The Morgan fingerprint density at radius 3 is 2.96 bits per heavy atom. The van der Waals surface area contributed by atoms with Gasteiger partial charge in [-0.1, -0.05) is 24.3 Å². The van der Waals surface area contributed by atoms with E-state index >= 15 is 0 Å². The molecule has 1 aliphatic rings. The second-order valence-corrected chi connectivity index (χ2v) is 7.01. The lowest BCUT2D eigenvalue weighted by atomic mass is 10.1. The topological polar surface area (TPSA) is 74.4 Å². The molecule has 0 spiro atoms. The fraction of sp³-hybridized carbons (Fsp3) is 0.273. The van der Waals surface area contributed by atoms with Crippen LogP contribution in [0, 0.1) is 5.92 Å². The van der Waals surface area contributed by atoms with Gasteiger partial charge < -0.3 is 19.9 Å². The van der Waals surface area contributed by atoms with Crippen LogP contribution in [0.5, 0.6) is 5.75 Å². The highest BCUT2D eigenvalue weighted by Gasteiger charge is 2.35. The number of ether oxygens (including phenoxy) is 1. The molecule has 1 aromatic heterocycles. The third kappa shape index (κ3) is 3.58. The van der Waals surface area contributed by atoms with Crippen molar-refractivity contribution in [2.45, 2.75) is 12.8 Å². The standard InChI is InChI=1S/C22H23N3O3/c1-28-18-6-4-5-17(12-18)25-14-16(11-21(25)26)22(27)23-10-9-15-13-24-20-8-3-2-7-19(15)20/h2-8,12-13,16,24H,9-11,14H2,1H3,(H,23,27)/t16-/m0/s1. The summed E-state index contributed by atoms with van der Waals surface area (Å²) < 4.78 is 5.22. The van der Waals surface area contributed by atoms with E-state index in [9.17, 15) is 9.59 Å². The average molecular weight is 377 g/mol. The third-order valence-electron chi connectivity index (χ3n) is 5.23. The number of hydrogen-bond donors (Lipinski definition) is 2. The van der Waals surface area contributed by atoms with Crippen LogP contribution in [0.2, 0.25) is 0 Å². The van der Waals surface area contributed by atoms with Gasteiger partial charge >= 0.3 is 0 Å². The number of fused-ring (bicyclic) bond motifs is 1. The first kappa shape index (κ1) is 18.1. The Balaban J connectivity index is 1.34. The van der Waals surface area contributed by atoms with Crippen LogP contribution in [0.3, 0.4) is 0 Å². The summed E-state index contributed by atoms with van der Waals surface area (Å²) in [4.78, 5) is 29.9. The monoisotopic (exact) mass is 377 g/mol. The minimum Gasteiger partial charge on any atom is -0.497 e. The molecular formula is C22H23N3O3. The van der Waals surface area contributed by atoms with Crippen LogP contribution >= 0.6 is 0 Å². The van der Waals surface area contributed by atoms with E-state index in [1.807, 2.05) is 48.7 Å². The van der Waals surface area contributed by atoms with Gasteiger partial charge in [-0.05, 0) is 30.2 Å². The van der Waals surface area contributed by atoms with Crippen LogP contribution in [0.25, 0.3) is 10.9 Å². The van der Waals surface area contributed by atoms with Gasteiger partial charge in [-0.15, -0.1) is 0 Å². The van der Waals surface area contributed by atoms with Crippen molar-refractivity contribution in [2.24, 2.45) is 5.92 Å². The van der Waals surface area contributed by atoms with Gasteiger partial charge in [0.25, 0.3) is 0 Å². The highest BCUT2D eigenvalue weighted by Crippen LogP contribution is 2.28. The molecule has 1 saturated heterocycles. The summed E-state index contributed by atoms with van der Waals surface area (Å²) in [6.45, 7) is 0.940. The van der Waals surface area contributed by atoms with Gasteiger partial charge in [0.2, 0.25) is 11.8 Å². The number of carbonyl (C=O) groups excluding carboxylic acids is 2. The number of aromatic nitrogens is 1. The Morgan fingerprint density at radius 2 is 2.11 bits per heavy atom.